The zero-order chi connectivity index (χ0) is 23.9. The van der Waals surface area contributed by atoms with Crippen LogP contribution in [0.15, 0.2) is 121 Å². The molecule has 0 nitrogen and oxygen atoms in total. The second-order valence-electron chi connectivity index (χ2n) is 9.59. The van der Waals surface area contributed by atoms with E-state index in [1.165, 1.54) is 31.0 Å². The van der Waals surface area contributed by atoms with E-state index in [2.05, 4.69) is 133 Å². The van der Waals surface area contributed by atoms with Crippen LogP contribution < -0.4 is 0 Å². The van der Waals surface area contributed by atoms with Crippen molar-refractivity contribution in [3.8, 4) is 0 Å². The van der Waals surface area contributed by atoms with Crippen LogP contribution in [0.5, 0.6) is 0 Å². The van der Waals surface area contributed by atoms with Crippen molar-refractivity contribution >= 4 is 32.4 Å². The van der Waals surface area contributed by atoms with Gasteiger partial charge in [-0.25, -0.2) is 0 Å². The summed E-state index contributed by atoms with van der Waals surface area (Å²) in [6.07, 6.45) is 9.75. The first-order chi connectivity index (χ1) is 17.1. The van der Waals surface area contributed by atoms with Gasteiger partial charge in [-0.05, 0) is 0 Å². The minimum atomic E-state index is -5.03. The van der Waals surface area contributed by atoms with Crippen molar-refractivity contribution in [3.63, 3.8) is 0 Å². The molecule has 35 heavy (non-hydrogen) atoms. The second-order valence-corrected chi connectivity index (χ2v) is 30.6. The fraction of sp³-hybridized carbons (Fsp3) is 0.0938. The van der Waals surface area contributed by atoms with Crippen LogP contribution in [0.4, 0.5) is 0 Å². The predicted molar refractivity (Wildman–Crippen MR) is 149 cm³/mol. The molecule has 4 aromatic carbocycles. The van der Waals surface area contributed by atoms with Gasteiger partial charge >= 0.3 is 217 Å². The molecule has 0 aliphatic heterocycles. The van der Waals surface area contributed by atoms with Gasteiger partial charge in [0.05, 0.1) is 0 Å². The molecule has 3 heteroatoms. The van der Waals surface area contributed by atoms with Gasteiger partial charge in [-0.3, -0.25) is 0 Å². The second kappa shape index (κ2) is 8.97. The van der Waals surface area contributed by atoms with Gasteiger partial charge in [-0.15, -0.1) is 0 Å². The number of halogens is 2. The molecule has 0 amide bonds. The van der Waals surface area contributed by atoms with Gasteiger partial charge in [-0.2, -0.15) is 0 Å². The first-order valence-corrected chi connectivity index (χ1v) is 22.5. The van der Waals surface area contributed by atoms with Gasteiger partial charge in [0, 0.05) is 0 Å². The summed E-state index contributed by atoms with van der Waals surface area (Å²) in [4.78, 5) is 0. The van der Waals surface area contributed by atoms with Crippen LogP contribution in [0, 0.1) is 0 Å². The molecule has 0 spiro atoms. The van der Waals surface area contributed by atoms with Crippen molar-refractivity contribution in [3.05, 3.63) is 155 Å². The molecule has 172 valence electrons. The molecule has 0 aromatic heterocycles. The zero-order valence-corrected chi connectivity index (χ0v) is 23.3. The first kappa shape index (κ1) is 23.1. The molecule has 2 atom stereocenters. The van der Waals surface area contributed by atoms with Gasteiger partial charge in [-0.1, -0.05) is 0 Å². The molecule has 0 radical (unpaired) electrons. The monoisotopic (exact) mass is 570 g/mol. The van der Waals surface area contributed by atoms with E-state index in [0.717, 1.165) is 12.0 Å². The summed E-state index contributed by atoms with van der Waals surface area (Å²) in [7, 11) is 16.7. The van der Waals surface area contributed by atoms with E-state index in [4.69, 9.17) is 17.0 Å². The first-order valence-electron chi connectivity index (χ1n) is 12.1. The average Bonchev–Trinajstić information content (AvgIpc) is 3.54. The zero-order valence-electron chi connectivity index (χ0n) is 19.3. The molecule has 0 bridgehead atoms. The molecule has 0 fully saturated rings. The number of benzene rings is 4. The third-order valence-corrected chi connectivity index (χ3v) is 28.0. The topological polar surface area (TPSA) is 0 Å². The van der Waals surface area contributed by atoms with Gasteiger partial charge < -0.3 is 0 Å². The summed E-state index contributed by atoms with van der Waals surface area (Å²) in [5.41, 5.74) is 7.34. The molecule has 0 saturated heterocycles. The van der Waals surface area contributed by atoms with E-state index in [1.807, 2.05) is 0 Å². The average molecular weight is 573 g/mol. The molecular weight excluding hydrogens is 546 g/mol. The Morgan fingerprint density at radius 1 is 0.571 bits per heavy atom. The molecular formula is C32H26Cl2Zr. The summed E-state index contributed by atoms with van der Waals surface area (Å²) in [6.45, 7) is 0. The van der Waals surface area contributed by atoms with Crippen molar-refractivity contribution in [1.82, 2.24) is 0 Å². The summed E-state index contributed by atoms with van der Waals surface area (Å²) in [5.74, 6) is 0. The van der Waals surface area contributed by atoms with E-state index in [-0.39, 0.29) is 7.25 Å². The standard InChI is InChI=1S/C14H12.2C9H7.2ClH.Zr/c1-3-7-13(8-4-1)11-12-14-9-5-2-6-10-14;2*1-2-5-9-7-3-6-8(9)4-1;;;/h1-10H,11H2;2*1-7H;2*1H;/q;;;;;+2/p-2. The Bertz CT molecular complexity index is 1460. The molecule has 4 aromatic rings. The maximum absolute atomic E-state index is 8.35. The number of fused-ring (bicyclic) bond motifs is 2. The molecule has 0 heterocycles. The van der Waals surface area contributed by atoms with Crippen molar-refractivity contribution in [1.29, 1.82) is 0 Å². The Labute approximate surface area is 215 Å². The number of rotatable bonds is 5. The minimum absolute atomic E-state index is 0.0179. The molecule has 2 aliphatic carbocycles. The van der Waals surface area contributed by atoms with Gasteiger partial charge in [0.15, 0.2) is 0 Å². The van der Waals surface area contributed by atoms with E-state index >= 15 is 0 Å². The van der Waals surface area contributed by atoms with Crippen LogP contribution in [-0.2, 0) is 22.3 Å². The van der Waals surface area contributed by atoms with E-state index < -0.39 is 15.9 Å². The van der Waals surface area contributed by atoms with Gasteiger partial charge in [0.2, 0.25) is 0 Å². The van der Waals surface area contributed by atoms with Crippen molar-refractivity contribution in [2.24, 2.45) is 0 Å². The van der Waals surface area contributed by atoms with E-state index in [1.54, 1.807) is 0 Å². The summed E-state index contributed by atoms with van der Waals surface area (Å²) >= 11 is -5.03. The Morgan fingerprint density at radius 2 is 1.03 bits per heavy atom. The van der Waals surface area contributed by atoms with Crippen molar-refractivity contribution in [2.75, 3.05) is 0 Å². The number of allylic oxidation sites excluding steroid dienone is 2. The SMILES string of the molecule is [Cl][Zr]([Cl])(=[C](Cc1ccccc1)c1ccccc1)([CH]1C=Cc2ccccc21)[CH]1C=Cc2ccccc21. The predicted octanol–water partition coefficient (Wildman–Crippen LogP) is 8.98. The van der Waals surface area contributed by atoms with E-state index in [9.17, 15) is 0 Å². The normalized spacial score (nSPS) is 18.4. The Balaban J connectivity index is 1.72. The van der Waals surface area contributed by atoms with E-state index in [0.29, 0.717) is 0 Å². The quantitative estimate of drug-likeness (QED) is 0.224. The number of hydrogen-bond donors (Lipinski definition) is 0. The van der Waals surface area contributed by atoms with Gasteiger partial charge in [0.1, 0.15) is 0 Å². The Kier molecular flexibility index (Phi) is 5.92. The molecule has 0 N–H and O–H groups in total. The molecule has 2 aliphatic rings. The Morgan fingerprint density at radius 3 is 1.57 bits per heavy atom. The van der Waals surface area contributed by atoms with Crippen LogP contribution in [0.1, 0.15) is 40.6 Å². The molecule has 0 saturated carbocycles. The summed E-state index contributed by atoms with van der Waals surface area (Å²) in [5, 5.41) is 0. The summed E-state index contributed by atoms with van der Waals surface area (Å²) in [6, 6.07) is 38.4. The maximum atomic E-state index is 8.35. The molecule has 6 rings (SSSR count). The third-order valence-electron chi connectivity index (χ3n) is 7.66. The fourth-order valence-electron chi connectivity index (χ4n) is 5.98. The molecule has 2 unspecified atom stereocenters. The summed E-state index contributed by atoms with van der Waals surface area (Å²) < 4.78 is 1.19. The fourth-order valence-corrected chi connectivity index (χ4v) is 24.8. The van der Waals surface area contributed by atoms with Crippen LogP contribution in [0.25, 0.3) is 12.2 Å². The Hall–Kier alpha value is -2.31. The van der Waals surface area contributed by atoms with Crippen LogP contribution in [-0.4, -0.2) is 3.21 Å². The third kappa shape index (κ3) is 3.81. The van der Waals surface area contributed by atoms with Crippen LogP contribution >= 0.6 is 17.0 Å². The van der Waals surface area contributed by atoms with Crippen molar-refractivity contribution < 1.29 is 15.9 Å². The number of hydrogen-bond acceptors (Lipinski definition) is 0. The van der Waals surface area contributed by atoms with Crippen molar-refractivity contribution in [2.45, 2.75) is 13.7 Å². The van der Waals surface area contributed by atoms with Crippen LogP contribution in [0.3, 0.4) is 0 Å². The van der Waals surface area contributed by atoms with Gasteiger partial charge in [0.25, 0.3) is 0 Å². The van der Waals surface area contributed by atoms with Crippen LogP contribution in [0.2, 0.25) is 0 Å².